The van der Waals surface area contributed by atoms with Gasteiger partial charge >= 0.3 is 0 Å². The molecule has 4 nitrogen and oxygen atoms in total. The average molecular weight is 334 g/mol. The van der Waals surface area contributed by atoms with Gasteiger partial charge in [0.1, 0.15) is 0 Å². The van der Waals surface area contributed by atoms with Crippen molar-refractivity contribution in [3.05, 3.63) is 58.3 Å². The monoisotopic (exact) mass is 333 g/mol. The fourth-order valence-corrected chi connectivity index (χ4v) is 2.29. The molecule has 0 saturated heterocycles. The van der Waals surface area contributed by atoms with Crippen molar-refractivity contribution in [3.63, 3.8) is 0 Å². The van der Waals surface area contributed by atoms with Crippen LogP contribution in [-0.4, -0.2) is 22.3 Å². The van der Waals surface area contributed by atoms with Gasteiger partial charge in [0.05, 0.1) is 5.56 Å². The first-order valence-corrected chi connectivity index (χ1v) is 7.14. The second-order valence-corrected chi connectivity index (χ2v) is 5.33. The van der Waals surface area contributed by atoms with E-state index in [1.165, 1.54) is 0 Å². The zero-order chi connectivity index (χ0) is 14.5. The highest BCUT2D eigenvalue weighted by molar-refractivity contribution is 9.10. The van der Waals surface area contributed by atoms with Crippen LogP contribution in [0.1, 0.15) is 22.8 Å². The van der Waals surface area contributed by atoms with E-state index in [0.717, 1.165) is 10.0 Å². The van der Waals surface area contributed by atoms with Gasteiger partial charge in [-0.3, -0.25) is 9.78 Å². The topological polar surface area (TPSA) is 59.2 Å². The SMILES string of the molecule is CCN(Cc1ccccc1N)C(=O)c1cncc(Br)c1. The molecule has 1 amide bonds. The van der Waals surface area contributed by atoms with Crippen LogP contribution in [0.2, 0.25) is 0 Å². The van der Waals surface area contributed by atoms with Crippen LogP contribution in [0.5, 0.6) is 0 Å². The van der Waals surface area contributed by atoms with Gasteiger partial charge < -0.3 is 10.6 Å². The Kier molecular flexibility index (Phi) is 4.74. The minimum atomic E-state index is -0.0513. The summed E-state index contributed by atoms with van der Waals surface area (Å²) in [6.45, 7) is 3.05. The van der Waals surface area contributed by atoms with E-state index >= 15 is 0 Å². The molecule has 0 atom stereocenters. The highest BCUT2D eigenvalue weighted by atomic mass is 79.9. The Morgan fingerprint density at radius 2 is 2.10 bits per heavy atom. The standard InChI is InChI=1S/C15H16BrN3O/c1-2-19(10-11-5-3-4-6-14(11)17)15(20)12-7-13(16)9-18-8-12/h3-9H,2,10,17H2,1H3. The first kappa shape index (κ1) is 14.5. The maximum Gasteiger partial charge on any atom is 0.255 e. The second-order valence-electron chi connectivity index (χ2n) is 4.41. The largest absolute Gasteiger partial charge is 0.398 e. The molecule has 1 aromatic heterocycles. The summed E-state index contributed by atoms with van der Waals surface area (Å²) in [6.07, 6.45) is 3.23. The van der Waals surface area contributed by atoms with Gasteiger partial charge in [-0.2, -0.15) is 0 Å². The number of hydrogen-bond donors (Lipinski definition) is 1. The van der Waals surface area contributed by atoms with Crippen molar-refractivity contribution in [3.8, 4) is 0 Å². The molecule has 1 heterocycles. The third-order valence-electron chi connectivity index (χ3n) is 3.04. The minimum Gasteiger partial charge on any atom is -0.398 e. The summed E-state index contributed by atoms with van der Waals surface area (Å²) < 4.78 is 0.790. The number of rotatable bonds is 4. The van der Waals surface area contributed by atoms with E-state index in [1.54, 1.807) is 23.4 Å². The van der Waals surface area contributed by atoms with Crippen LogP contribution in [-0.2, 0) is 6.54 Å². The van der Waals surface area contributed by atoms with Crippen molar-refractivity contribution < 1.29 is 4.79 Å². The zero-order valence-corrected chi connectivity index (χ0v) is 12.8. The first-order valence-electron chi connectivity index (χ1n) is 6.35. The summed E-state index contributed by atoms with van der Waals surface area (Å²) in [7, 11) is 0. The van der Waals surface area contributed by atoms with Gasteiger partial charge in [-0.05, 0) is 40.5 Å². The Morgan fingerprint density at radius 1 is 1.35 bits per heavy atom. The number of aromatic nitrogens is 1. The van der Waals surface area contributed by atoms with Gasteiger partial charge in [0.25, 0.3) is 5.91 Å². The van der Waals surface area contributed by atoms with E-state index in [1.807, 2.05) is 31.2 Å². The molecule has 104 valence electrons. The van der Waals surface area contributed by atoms with Gasteiger partial charge in [-0.25, -0.2) is 0 Å². The van der Waals surface area contributed by atoms with E-state index in [0.29, 0.717) is 24.3 Å². The van der Waals surface area contributed by atoms with Crippen molar-refractivity contribution in [2.75, 3.05) is 12.3 Å². The molecule has 0 saturated carbocycles. The number of carbonyl (C=O) groups is 1. The van der Waals surface area contributed by atoms with Gasteiger partial charge in [-0.1, -0.05) is 18.2 Å². The van der Waals surface area contributed by atoms with Crippen LogP contribution in [0.3, 0.4) is 0 Å². The smallest absolute Gasteiger partial charge is 0.255 e. The Bertz CT molecular complexity index is 616. The van der Waals surface area contributed by atoms with Crippen molar-refractivity contribution >= 4 is 27.5 Å². The molecule has 0 radical (unpaired) electrons. The van der Waals surface area contributed by atoms with Crippen LogP contribution < -0.4 is 5.73 Å². The van der Waals surface area contributed by atoms with E-state index in [4.69, 9.17) is 5.73 Å². The number of halogens is 1. The molecule has 20 heavy (non-hydrogen) atoms. The van der Waals surface area contributed by atoms with E-state index in [9.17, 15) is 4.79 Å². The van der Waals surface area contributed by atoms with Gasteiger partial charge in [0, 0.05) is 35.6 Å². The third kappa shape index (κ3) is 3.36. The van der Waals surface area contributed by atoms with Crippen LogP contribution in [0.4, 0.5) is 5.69 Å². The molecule has 0 aliphatic rings. The summed E-state index contributed by atoms with van der Waals surface area (Å²) in [5.74, 6) is -0.0513. The molecule has 2 aromatic rings. The Labute approximate surface area is 126 Å². The number of anilines is 1. The molecule has 2 rings (SSSR count). The predicted octanol–water partition coefficient (Wildman–Crippen LogP) is 3.09. The molecule has 1 aromatic carbocycles. The van der Waals surface area contributed by atoms with Crippen LogP contribution in [0.25, 0.3) is 0 Å². The van der Waals surface area contributed by atoms with Gasteiger partial charge in [0.2, 0.25) is 0 Å². The highest BCUT2D eigenvalue weighted by Gasteiger charge is 2.16. The molecule has 0 aliphatic carbocycles. The van der Waals surface area contributed by atoms with Crippen LogP contribution in [0.15, 0.2) is 47.2 Å². The molecular weight excluding hydrogens is 318 g/mol. The fraction of sp³-hybridized carbons (Fsp3) is 0.200. The molecule has 0 unspecified atom stereocenters. The van der Waals surface area contributed by atoms with Crippen molar-refractivity contribution in [1.29, 1.82) is 0 Å². The quantitative estimate of drug-likeness (QED) is 0.874. The number of nitrogen functional groups attached to an aromatic ring is 1. The summed E-state index contributed by atoms with van der Waals surface area (Å²) >= 11 is 3.33. The molecule has 0 aliphatic heterocycles. The normalized spacial score (nSPS) is 10.3. The lowest BCUT2D eigenvalue weighted by molar-refractivity contribution is 0.0752. The summed E-state index contributed by atoms with van der Waals surface area (Å²) in [6, 6.07) is 9.35. The number of pyridine rings is 1. The van der Waals surface area contributed by atoms with E-state index in [-0.39, 0.29) is 5.91 Å². The summed E-state index contributed by atoms with van der Waals surface area (Å²) in [4.78, 5) is 18.2. The molecule has 2 N–H and O–H groups in total. The predicted molar refractivity (Wildman–Crippen MR) is 83.2 cm³/mol. The van der Waals surface area contributed by atoms with Gasteiger partial charge in [-0.15, -0.1) is 0 Å². The van der Waals surface area contributed by atoms with Crippen molar-refractivity contribution in [2.24, 2.45) is 0 Å². The number of nitrogens with zero attached hydrogens (tertiary/aromatic N) is 2. The number of amides is 1. The number of carbonyl (C=O) groups excluding carboxylic acids is 1. The highest BCUT2D eigenvalue weighted by Crippen LogP contribution is 2.16. The van der Waals surface area contributed by atoms with E-state index < -0.39 is 0 Å². The van der Waals surface area contributed by atoms with E-state index in [2.05, 4.69) is 20.9 Å². The Hall–Kier alpha value is -1.88. The molecule has 0 spiro atoms. The Morgan fingerprint density at radius 3 is 2.75 bits per heavy atom. The molecule has 5 heteroatoms. The first-order chi connectivity index (χ1) is 9.61. The number of hydrogen-bond acceptors (Lipinski definition) is 3. The van der Waals surface area contributed by atoms with Crippen molar-refractivity contribution in [1.82, 2.24) is 9.88 Å². The average Bonchev–Trinajstić information content (AvgIpc) is 2.46. The number of benzene rings is 1. The van der Waals surface area contributed by atoms with Gasteiger partial charge in [0.15, 0.2) is 0 Å². The maximum absolute atomic E-state index is 12.5. The summed E-state index contributed by atoms with van der Waals surface area (Å²) in [5.41, 5.74) is 8.14. The number of nitrogens with two attached hydrogens (primary N) is 1. The zero-order valence-electron chi connectivity index (χ0n) is 11.2. The molecule has 0 bridgehead atoms. The van der Waals surface area contributed by atoms with Crippen molar-refractivity contribution in [2.45, 2.75) is 13.5 Å². The molecule has 0 fully saturated rings. The lowest BCUT2D eigenvalue weighted by Crippen LogP contribution is -2.30. The second kappa shape index (κ2) is 6.52. The number of para-hydroxylation sites is 1. The van der Waals surface area contributed by atoms with Crippen LogP contribution >= 0.6 is 15.9 Å². The Balaban J connectivity index is 2.20. The fourth-order valence-electron chi connectivity index (χ4n) is 1.92. The van der Waals surface area contributed by atoms with Crippen LogP contribution in [0, 0.1) is 0 Å². The maximum atomic E-state index is 12.5. The molecular formula is C15H16BrN3O. The summed E-state index contributed by atoms with van der Waals surface area (Å²) in [5, 5.41) is 0. The lowest BCUT2D eigenvalue weighted by Gasteiger charge is -2.21. The minimum absolute atomic E-state index is 0.0513. The lowest BCUT2D eigenvalue weighted by atomic mass is 10.1. The third-order valence-corrected chi connectivity index (χ3v) is 3.47.